The highest BCUT2D eigenvalue weighted by Crippen LogP contribution is 2.26. The predicted octanol–water partition coefficient (Wildman–Crippen LogP) is 5.33. The molecule has 0 aliphatic carbocycles. The minimum atomic E-state index is -2.46. The van der Waals surface area contributed by atoms with Crippen LogP contribution in [0.5, 0.6) is 0 Å². The van der Waals surface area contributed by atoms with E-state index in [2.05, 4.69) is 32.9 Å². The fourth-order valence-electron chi connectivity index (χ4n) is 0.981. The lowest BCUT2D eigenvalue weighted by molar-refractivity contribution is 0.963. The molecule has 0 aromatic carbocycles. The fourth-order valence-corrected chi connectivity index (χ4v) is 2.25. The van der Waals surface area contributed by atoms with Gasteiger partial charge in [-0.25, -0.2) is 0 Å². The molecule has 0 radical (unpaired) electrons. The summed E-state index contributed by atoms with van der Waals surface area (Å²) in [6.45, 7) is 6.30. The number of hydrogen-bond acceptors (Lipinski definition) is 0. The maximum Gasteiger partial charge on any atom is 0.344 e. The molecule has 0 aromatic heterocycles. The van der Waals surface area contributed by atoms with E-state index in [1.165, 1.54) is 11.1 Å². The van der Waals surface area contributed by atoms with Crippen molar-refractivity contribution in [3.8, 4) is 0 Å². The largest absolute Gasteiger partial charge is 0.344 e. The van der Waals surface area contributed by atoms with Gasteiger partial charge in [0.25, 0.3) is 0 Å². The van der Waals surface area contributed by atoms with Crippen LogP contribution in [0.2, 0.25) is 6.04 Å². The molecule has 0 saturated heterocycles. The topological polar surface area (TPSA) is 0 Å². The Labute approximate surface area is 102 Å². The minimum absolute atomic E-state index is 0.623. The zero-order valence-electron chi connectivity index (χ0n) is 8.91. The zero-order chi connectivity index (χ0) is 11.2. The first-order chi connectivity index (χ1) is 6.31. The Balaban J connectivity index is 3.85. The van der Waals surface area contributed by atoms with Gasteiger partial charge in [-0.05, 0) is 33.6 Å². The summed E-state index contributed by atoms with van der Waals surface area (Å²) < 4.78 is 0. The van der Waals surface area contributed by atoms with Crippen molar-refractivity contribution in [3.63, 3.8) is 0 Å². The molecule has 0 heterocycles. The molecule has 0 bridgehead atoms. The van der Waals surface area contributed by atoms with Crippen molar-refractivity contribution in [3.05, 3.63) is 23.3 Å². The highest BCUT2D eigenvalue weighted by Gasteiger charge is 2.22. The van der Waals surface area contributed by atoms with Crippen molar-refractivity contribution < 1.29 is 0 Å². The first-order valence-electron chi connectivity index (χ1n) is 4.67. The van der Waals surface area contributed by atoms with Crippen LogP contribution < -0.4 is 0 Å². The van der Waals surface area contributed by atoms with Crippen LogP contribution in [-0.4, -0.2) is 6.00 Å². The molecule has 0 atom stereocenters. The van der Waals surface area contributed by atoms with Crippen LogP contribution in [-0.2, 0) is 0 Å². The third kappa shape index (κ3) is 10.6. The molecular formula is C10H17Cl3Si. The maximum atomic E-state index is 5.77. The number of allylic oxidation sites excluding steroid dienone is 4. The molecule has 0 aromatic rings. The second-order valence-electron chi connectivity index (χ2n) is 3.69. The van der Waals surface area contributed by atoms with Crippen molar-refractivity contribution in [1.29, 1.82) is 0 Å². The Bertz CT molecular complexity index is 222. The first kappa shape index (κ1) is 14.6. The van der Waals surface area contributed by atoms with Crippen molar-refractivity contribution in [1.82, 2.24) is 0 Å². The average molecular weight is 272 g/mol. The molecule has 0 aliphatic rings. The van der Waals surface area contributed by atoms with Gasteiger partial charge in [0, 0.05) is 6.04 Å². The monoisotopic (exact) mass is 270 g/mol. The van der Waals surface area contributed by atoms with Crippen LogP contribution in [0, 0.1) is 0 Å². The van der Waals surface area contributed by atoms with Gasteiger partial charge >= 0.3 is 6.00 Å². The van der Waals surface area contributed by atoms with E-state index in [9.17, 15) is 0 Å². The summed E-state index contributed by atoms with van der Waals surface area (Å²) in [5, 5.41) is 0. The third-order valence-corrected chi connectivity index (χ3v) is 3.83. The molecule has 0 N–H and O–H groups in total. The SMILES string of the molecule is CC(C)=CCC/C(C)=C\C[Si](Cl)(Cl)Cl. The zero-order valence-corrected chi connectivity index (χ0v) is 12.2. The Morgan fingerprint density at radius 2 is 1.64 bits per heavy atom. The highest BCUT2D eigenvalue weighted by molar-refractivity contribution is 7.64. The van der Waals surface area contributed by atoms with E-state index in [0.717, 1.165) is 12.8 Å². The molecular weight excluding hydrogens is 255 g/mol. The van der Waals surface area contributed by atoms with E-state index in [4.69, 9.17) is 33.2 Å². The highest BCUT2D eigenvalue weighted by atomic mass is 35.8. The summed E-state index contributed by atoms with van der Waals surface area (Å²) in [5.74, 6) is 0. The molecule has 0 rings (SSSR count). The Morgan fingerprint density at radius 1 is 1.07 bits per heavy atom. The van der Waals surface area contributed by atoms with Gasteiger partial charge in [0.2, 0.25) is 0 Å². The van der Waals surface area contributed by atoms with E-state index in [0.29, 0.717) is 6.04 Å². The second-order valence-corrected chi connectivity index (χ2v) is 12.9. The van der Waals surface area contributed by atoms with Crippen molar-refractivity contribution >= 4 is 39.2 Å². The minimum Gasteiger partial charge on any atom is -0.126 e. The van der Waals surface area contributed by atoms with Gasteiger partial charge < -0.3 is 0 Å². The molecule has 0 aliphatic heterocycles. The van der Waals surface area contributed by atoms with Gasteiger partial charge in [-0.15, -0.1) is 33.2 Å². The molecule has 0 fully saturated rings. The Kier molecular flexibility index (Phi) is 7.22. The van der Waals surface area contributed by atoms with E-state index in [1.54, 1.807) is 0 Å². The van der Waals surface area contributed by atoms with E-state index >= 15 is 0 Å². The first-order valence-corrected chi connectivity index (χ1v) is 9.91. The molecule has 14 heavy (non-hydrogen) atoms. The van der Waals surface area contributed by atoms with Crippen molar-refractivity contribution in [2.75, 3.05) is 0 Å². The molecule has 0 spiro atoms. The van der Waals surface area contributed by atoms with E-state index in [-0.39, 0.29) is 0 Å². The fraction of sp³-hybridized carbons (Fsp3) is 0.600. The quantitative estimate of drug-likeness (QED) is 0.360. The standard InChI is InChI=1S/C10H17Cl3Si/c1-9(2)5-4-6-10(3)7-8-14(11,12)13/h5,7H,4,6,8H2,1-3H3/b10-7-. The molecule has 82 valence electrons. The van der Waals surface area contributed by atoms with Gasteiger partial charge in [0.05, 0.1) is 0 Å². The van der Waals surface area contributed by atoms with Crippen LogP contribution in [0.3, 0.4) is 0 Å². The molecule has 0 amide bonds. The molecule has 4 heteroatoms. The Morgan fingerprint density at radius 3 is 2.07 bits per heavy atom. The van der Waals surface area contributed by atoms with Gasteiger partial charge in [-0.1, -0.05) is 23.3 Å². The lowest BCUT2D eigenvalue weighted by Gasteiger charge is -2.04. The summed E-state index contributed by atoms with van der Waals surface area (Å²) in [4.78, 5) is 0. The summed E-state index contributed by atoms with van der Waals surface area (Å²) >= 11 is 17.3. The summed E-state index contributed by atoms with van der Waals surface area (Å²) in [7, 11) is 0. The van der Waals surface area contributed by atoms with Crippen LogP contribution in [0.15, 0.2) is 23.3 Å². The lowest BCUT2D eigenvalue weighted by atomic mass is 10.1. The number of rotatable bonds is 5. The van der Waals surface area contributed by atoms with Crippen LogP contribution in [0.4, 0.5) is 0 Å². The number of halogens is 3. The van der Waals surface area contributed by atoms with Gasteiger partial charge in [0.1, 0.15) is 0 Å². The van der Waals surface area contributed by atoms with Crippen molar-refractivity contribution in [2.45, 2.75) is 39.7 Å². The van der Waals surface area contributed by atoms with Crippen LogP contribution >= 0.6 is 33.2 Å². The maximum absolute atomic E-state index is 5.77. The van der Waals surface area contributed by atoms with Crippen LogP contribution in [0.1, 0.15) is 33.6 Å². The third-order valence-electron chi connectivity index (χ3n) is 1.77. The average Bonchev–Trinajstić information content (AvgIpc) is 1.99. The van der Waals surface area contributed by atoms with Gasteiger partial charge in [-0.2, -0.15) is 0 Å². The molecule has 0 saturated carbocycles. The van der Waals surface area contributed by atoms with Gasteiger partial charge in [-0.3, -0.25) is 0 Å². The van der Waals surface area contributed by atoms with Gasteiger partial charge in [0.15, 0.2) is 0 Å². The normalized spacial score (nSPS) is 12.9. The van der Waals surface area contributed by atoms with E-state index in [1.807, 2.05) is 0 Å². The number of hydrogen-bond donors (Lipinski definition) is 0. The second kappa shape index (κ2) is 6.94. The smallest absolute Gasteiger partial charge is 0.126 e. The summed E-state index contributed by atoms with van der Waals surface area (Å²) in [6.07, 6.45) is 6.41. The lowest BCUT2D eigenvalue weighted by Crippen LogP contribution is -2.06. The molecule has 0 nitrogen and oxygen atoms in total. The summed E-state index contributed by atoms with van der Waals surface area (Å²) in [6, 6.07) is -1.83. The molecule has 0 unspecified atom stereocenters. The predicted molar refractivity (Wildman–Crippen MR) is 70.5 cm³/mol. The van der Waals surface area contributed by atoms with Crippen molar-refractivity contribution in [2.24, 2.45) is 0 Å². The van der Waals surface area contributed by atoms with Crippen LogP contribution in [0.25, 0.3) is 0 Å². The Hall–Kier alpha value is 0.567. The summed E-state index contributed by atoms with van der Waals surface area (Å²) in [5.41, 5.74) is 2.66. The van der Waals surface area contributed by atoms with E-state index < -0.39 is 6.00 Å².